The van der Waals surface area contributed by atoms with E-state index in [1.54, 1.807) is 0 Å². The molecule has 156 valence electrons. The quantitative estimate of drug-likeness (QED) is 0.437. The molecule has 1 spiro atoms. The van der Waals surface area contributed by atoms with Gasteiger partial charge in [0.25, 0.3) is 0 Å². The molecule has 4 rings (SSSR count). The molecule has 0 amide bonds. The first-order valence-corrected chi connectivity index (χ1v) is 11.0. The van der Waals surface area contributed by atoms with E-state index in [9.17, 15) is 15.0 Å². The smallest absolute Gasteiger partial charge is 0.334 e. The Morgan fingerprint density at radius 2 is 1.96 bits per heavy atom. The molecular formula is C22H35N3O3. The number of nitrogens with two attached hydrogens (primary N) is 1. The molecule has 4 aliphatic rings. The van der Waals surface area contributed by atoms with Crippen molar-refractivity contribution in [2.24, 2.45) is 33.4 Å². The normalized spacial score (nSPS) is 41.2. The van der Waals surface area contributed by atoms with Crippen LogP contribution in [0.1, 0.15) is 71.6 Å². The summed E-state index contributed by atoms with van der Waals surface area (Å²) in [6, 6.07) is 0.424. The van der Waals surface area contributed by atoms with Crippen LogP contribution in [0.3, 0.4) is 0 Å². The number of aliphatic imine (C=N–C) groups is 1. The first-order valence-electron chi connectivity index (χ1n) is 11.0. The number of carboxylic acid groups (broad SMARTS) is 1. The van der Waals surface area contributed by atoms with E-state index in [1.807, 2.05) is 0 Å². The molecule has 3 saturated carbocycles. The monoisotopic (exact) mass is 389 g/mol. The lowest BCUT2D eigenvalue weighted by Crippen LogP contribution is -2.50. The van der Waals surface area contributed by atoms with Crippen LogP contribution < -0.4 is 11.1 Å². The van der Waals surface area contributed by atoms with Crippen molar-refractivity contribution >= 4 is 11.9 Å². The van der Waals surface area contributed by atoms with Gasteiger partial charge < -0.3 is 21.3 Å². The van der Waals surface area contributed by atoms with Crippen LogP contribution in [0.4, 0.5) is 0 Å². The van der Waals surface area contributed by atoms with Gasteiger partial charge in [-0.1, -0.05) is 33.1 Å². The number of hydrogen-bond acceptors (Lipinski definition) is 3. The van der Waals surface area contributed by atoms with Gasteiger partial charge in [-0.25, -0.2) is 4.79 Å². The molecule has 28 heavy (non-hydrogen) atoms. The Labute approximate surface area is 167 Å². The van der Waals surface area contributed by atoms with E-state index in [1.165, 1.54) is 19.3 Å². The third-order valence-electron chi connectivity index (χ3n) is 8.64. The Kier molecular flexibility index (Phi) is 4.97. The highest BCUT2D eigenvalue weighted by molar-refractivity contribution is 5.90. The lowest BCUT2D eigenvalue weighted by molar-refractivity contribution is -0.133. The fraction of sp³-hybridized carbons (Fsp3) is 0.818. The molecule has 0 aliphatic heterocycles. The second kappa shape index (κ2) is 7.05. The van der Waals surface area contributed by atoms with E-state index in [2.05, 4.69) is 19.2 Å². The summed E-state index contributed by atoms with van der Waals surface area (Å²) in [5, 5.41) is 23.7. The van der Waals surface area contributed by atoms with Crippen molar-refractivity contribution in [3.8, 4) is 0 Å². The van der Waals surface area contributed by atoms with Gasteiger partial charge in [0, 0.05) is 23.4 Å². The van der Waals surface area contributed by atoms with E-state index in [0.29, 0.717) is 36.8 Å². The van der Waals surface area contributed by atoms with E-state index in [-0.39, 0.29) is 16.4 Å². The van der Waals surface area contributed by atoms with Gasteiger partial charge in [-0.15, -0.1) is 0 Å². The van der Waals surface area contributed by atoms with Crippen molar-refractivity contribution in [2.75, 3.05) is 6.54 Å². The molecule has 3 fully saturated rings. The van der Waals surface area contributed by atoms with E-state index < -0.39 is 12.1 Å². The van der Waals surface area contributed by atoms with Gasteiger partial charge in [0.1, 0.15) is 0 Å². The predicted molar refractivity (Wildman–Crippen MR) is 109 cm³/mol. The van der Waals surface area contributed by atoms with Gasteiger partial charge in [0.2, 0.25) is 0 Å². The first kappa shape index (κ1) is 19.7. The molecule has 4 aliphatic carbocycles. The predicted octanol–water partition coefficient (Wildman–Crippen LogP) is 2.81. The van der Waals surface area contributed by atoms with Crippen LogP contribution in [-0.2, 0) is 4.79 Å². The van der Waals surface area contributed by atoms with Crippen molar-refractivity contribution in [3.05, 3.63) is 11.1 Å². The van der Waals surface area contributed by atoms with Gasteiger partial charge in [-0.2, -0.15) is 0 Å². The zero-order valence-corrected chi connectivity index (χ0v) is 17.2. The molecule has 6 heteroatoms. The van der Waals surface area contributed by atoms with Crippen molar-refractivity contribution < 1.29 is 15.0 Å². The molecule has 6 nitrogen and oxygen atoms in total. The molecule has 0 radical (unpaired) electrons. The van der Waals surface area contributed by atoms with Crippen LogP contribution in [0.25, 0.3) is 0 Å². The summed E-state index contributed by atoms with van der Waals surface area (Å²) in [4.78, 5) is 16.6. The minimum Gasteiger partial charge on any atom is -0.478 e. The van der Waals surface area contributed by atoms with Crippen LogP contribution in [0.2, 0.25) is 0 Å². The fourth-order valence-corrected chi connectivity index (χ4v) is 7.15. The van der Waals surface area contributed by atoms with Gasteiger partial charge in [0.15, 0.2) is 5.96 Å². The third kappa shape index (κ3) is 2.78. The summed E-state index contributed by atoms with van der Waals surface area (Å²) in [7, 11) is 0. The van der Waals surface area contributed by atoms with Crippen molar-refractivity contribution in [3.63, 3.8) is 0 Å². The summed E-state index contributed by atoms with van der Waals surface area (Å²) < 4.78 is 0. The summed E-state index contributed by atoms with van der Waals surface area (Å²) in [6.07, 6.45) is 8.71. The SMILES string of the molecule is C[C@@H]1CC[C@@H]2CC3=C(C(=O)O)[C@@H](O)C[C@@]31[C@]2(C)CN=C(N)NC1CCCCC1. The molecule has 0 saturated heterocycles. The second-order valence-corrected chi connectivity index (χ2v) is 9.87. The second-order valence-electron chi connectivity index (χ2n) is 9.87. The van der Waals surface area contributed by atoms with E-state index >= 15 is 0 Å². The molecule has 0 unspecified atom stereocenters. The first-order chi connectivity index (χ1) is 13.3. The number of fused-ring (bicyclic) bond motifs is 1. The largest absolute Gasteiger partial charge is 0.478 e. The number of nitrogens with zero attached hydrogens (tertiary/aromatic N) is 1. The van der Waals surface area contributed by atoms with Crippen LogP contribution in [0, 0.1) is 22.7 Å². The average Bonchev–Trinajstić information content (AvgIpc) is 3.01. The van der Waals surface area contributed by atoms with Gasteiger partial charge >= 0.3 is 5.97 Å². The van der Waals surface area contributed by atoms with E-state index in [0.717, 1.165) is 37.7 Å². The van der Waals surface area contributed by atoms with Crippen LogP contribution in [-0.4, -0.2) is 40.8 Å². The summed E-state index contributed by atoms with van der Waals surface area (Å²) in [6.45, 7) is 5.08. The molecule has 2 bridgehead atoms. The molecule has 5 N–H and O–H groups in total. The Bertz CT molecular complexity index is 712. The summed E-state index contributed by atoms with van der Waals surface area (Å²) >= 11 is 0. The number of aliphatic hydroxyl groups excluding tert-OH is 1. The average molecular weight is 390 g/mol. The zero-order valence-electron chi connectivity index (χ0n) is 17.2. The number of aliphatic hydroxyl groups is 1. The number of rotatable bonds is 4. The van der Waals surface area contributed by atoms with Crippen molar-refractivity contribution in [1.29, 1.82) is 0 Å². The maximum absolute atomic E-state index is 11.9. The number of hydrogen-bond donors (Lipinski definition) is 4. The van der Waals surface area contributed by atoms with Gasteiger partial charge in [-0.05, 0) is 55.9 Å². The Balaban J connectivity index is 1.61. The lowest BCUT2D eigenvalue weighted by atomic mass is 9.52. The van der Waals surface area contributed by atoms with Crippen LogP contribution in [0.15, 0.2) is 16.1 Å². The molecular weight excluding hydrogens is 354 g/mol. The summed E-state index contributed by atoms with van der Waals surface area (Å²) in [5.74, 6) is 0.320. The Hall–Kier alpha value is -1.56. The molecule has 5 atom stereocenters. The maximum Gasteiger partial charge on any atom is 0.334 e. The minimum absolute atomic E-state index is 0.156. The van der Waals surface area contributed by atoms with Crippen LogP contribution >= 0.6 is 0 Å². The third-order valence-corrected chi connectivity index (χ3v) is 8.64. The highest BCUT2D eigenvalue weighted by Gasteiger charge is 2.68. The highest BCUT2D eigenvalue weighted by atomic mass is 16.4. The number of allylic oxidation sites excluding steroid dienone is 1. The molecule has 0 aromatic carbocycles. The van der Waals surface area contributed by atoms with Crippen molar-refractivity contribution in [2.45, 2.75) is 83.8 Å². The summed E-state index contributed by atoms with van der Waals surface area (Å²) in [5.41, 5.74) is 7.09. The number of carboxylic acids is 1. The minimum atomic E-state index is -0.955. The number of carbonyl (C=O) groups is 1. The highest BCUT2D eigenvalue weighted by Crippen LogP contribution is 2.72. The maximum atomic E-state index is 11.9. The van der Waals surface area contributed by atoms with Crippen molar-refractivity contribution in [1.82, 2.24) is 5.32 Å². The number of guanidine groups is 1. The Morgan fingerprint density at radius 3 is 2.64 bits per heavy atom. The molecule has 0 aromatic heterocycles. The Morgan fingerprint density at radius 1 is 1.25 bits per heavy atom. The van der Waals surface area contributed by atoms with Gasteiger partial charge in [-0.3, -0.25) is 4.99 Å². The standard InChI is InChI=1S/C22H35N3O3/c1-13-8-9-14-10-16-18(19(27)28)17(26)11-22(13,16)21(14,2)12-24-20(23)25-15-6-4-3-5-7-15/h13-15,17,26H,3-12H2,1-2H3,(H,27,28)(H3,23,24,25)/t13-,14-,17+,21-,22+/m1/s1. The molecule has 0 aromatic rings. The number of nitrogens with one attached hydrogen (secondary N) is 1. The fourth-order valence-electron chi connectivity index (χ4n) is 7.15. The van der Waals surface area contributed by atoms with Crippen LogP contribution in [0.5, 0.6) is 0 Å². The lowest BCUT2D eigenvalue weighted by Gasteiger charge is -2.52. The zero-order chi connectivity index (χ0) is 20.1. The molecule has 0 heterocycles. The van der Waals surface area contributed by atoms with E-state index in [4.69, 9.17) is 10.7 Å². The van der Waals surface area contributed by atoms with Gasteiger partial charge in [0.05, 0.1) is 11.7 Å². The number of aliphatic carboxylic acids is 1. The topological polar surface area (TPSA) is 108 Å².